The number of anilines is 1. The van der Waals surface area contributed by atoms with Crippen molar-refractivity contribution in [1.82, 2.24) is 5.32 Å². The van der Waals surface area contributed by atoms with E-state index in [0.717, 1.165) is 35.8 Å². The van der Waals surface area contributed by atoms with E-state index in [4.69, 9.17) is 11.6 Å². The molecule has 1 aromatic rings. The lowest BCUT2D eigenvalue weighted by Crippen LogP contribution is -2.48. The number of aliphatic hydroxyl groups is 1. The van der Waals surface area contributed by atoms with Crippen molar-refractivity contribution in [2.75, 3.05) is 25.0 Å². The molecule has 16 heavy (non-hydrogen) atoms. The van der Waals surface area contributed by atoms with Gasteiger partial charge in [-0.15, -0.1) is 0 Å². The molecular weight excluding hydrogens is 224 g/mol. The zero-order chi connectivity index (χ0) is 11.3. The molecule has 2 atom stereocenters. The average Bonchev–Trinajstić information content (AvgIpc) is 2.83. The Kier molecular flexibility index (Phi) is 2.18. The fourth-order valence-corrected chi connectivity index (χ4v) is 3.33. The maximum atomic E-state index is 10.5. The van der Waals surface area contributed by atoms with Crippen molar-refractivity contribution in [2.45, 2.75) is 18.1 Å². The molecule has 2 unspecified atom stereocenters. The fourth-order valence-electron chi connectivity index (χ4n) is 3.02. The molecule has 2 N–H and O–H groups in total. The monoisotopic (exact) mass is 238 g/mol. The summed E-state index contributed by atoms with van der Waals surface area (Å²) < 4.78 is 0. The van der Waals surface area contributed by atoms with Crippen molar-refractivity contribution in [1.29, 1.82) is 0 Å². The summed E-state index contributed by atoms with van der Waals surface area (Å²) in [4.78, 5) is 2.15. The molecule has 2 aliphatic heterocycles. The summed E-state index contributed by atoms with van der Waals surface area (Å²) in [5.74, 6) is 0. The van der Waals surface area contributed by atoms with Gasteiger partial charge >= 0.3 is 0 Å². The maximum absolute atomic E-state index is 10.5. The zero-order valence-corrected chi connectivity index (χ0v) is 9.96. The van der Waals surface area contributed by atoms with Gasteiger partial charge in [0.05, 0.1) is 16.2 Å². The largest absolute Gasteiger partial charge is 0.386 e. The number of nitrogens with zero attached hydrogens (tertiary/aromatic N) is 1. The van der Waals surface area contributed by atoms with E-state index < -0.39 is 6.10 Å². The molecule has 1 saturated heterocycles. The van der Waals surface area contributed by atoms with E-state index in [0.29, 0.717) is 0 Å². The fraction of sp³-hybridized carbons (Fsp3) is 0.500. The molecule has 0 amide bonds. The number of aliphatic hydroxyl groups excluding tert-OH is 1. The number of benzene rings is 1. The first-order chi connectivity index (χ1) is 7.67. The molecule has 0 bridgehead atoms. The van der Waals surface area contributed by atoms with Gasteiger partial charge < -0.3 is 15.3 Å². The van der Waals surface area contributed by atoms with Crippen LogP contribution in [0.25, 0.3) is 0 Å². The summed E-state index contributed by atoms with van der Waals surface area (Å²) in [5.41, 5.74) is 1.74. The topological polar surface area (TPSA) is 35.5 Å². The first kappa shape index (κ1) is 10.4. The van der Waals surface area contributed by atoms with Crippen LogP contribution in [0.2, 0.25) is 5.02 Å². The number of halogens is 1. The second-order valence-electron chi connectivity index (χ2n) is 4.67. The third-order valence-corrected chi connectivity index (χ3v) is 4.30. The van der Waals surface area contributed by atoms with E-state index >= 15 is 0 Å². The summed E-state index contributed by atoms with van der Waals surface area (Å²) >= 11 is 6.22. The molecular formula is C12H15ClN2O. The zero-order valence-electron chi connectivity index (χ0n) is 9.20. The average molecular weight is 239 g/mol. The maximum Gasteiger partial charge on any atom is 0.105 e. The van der Waals surface area contributed by atoms with Crippen LogP contribution in [0.4, 0.5) is 5.69 Å². The molecule has 1 spiro atoms. The highest BCUT2D eigenvalue weighted by Gasteiger charge is 2.51. The van der Waals surface area contributed by atoms with Gasteiger partial charge in [0.2, 0.25) is 0 Å². The third-order valence-electron chi connectivity index (χ3n) is 3.99. The van der Waals surface area contributed by atoms with Crippen LogP contribution < -0.4 is 10.2 Å². The van der Waals surface area contributed by atoms with Crippen LogP contribution in [0.3, 0.4) is 0 Å². The summed E-state index contributed by atoms with van der Waals surface area (Å²) in [6.07, 6.45) is 0.511. The third kappa shape index (κ3) is 1.11. The van der Waals surface area contributed by atoms with Crippen LogP contribution >= 0.6 is 11.6 Å². The van der Waals surface area contributed by atoms with E-state index in [1.165, 1.54) is 0 Å². The van der Waals surface area contributed by atoms with Gasteiger partial charge in [-0.25, -0.2) is 0 Å². The van der Waals surface area contributed by atoms with E-state index in [9.17, 15) is 5.11 Å². The van der Waals surface area contributed by atoms with E-state index in [-0.39, 0.29) is 5.54 Å². The number of rotatable bonds is 0. The van der Waals surface area contributed by atoms with Crippen molar-refractivity contribution in [3.8, 4) is 0 Å². The Morgan fingerprint density at radius 1 is 1.56 bits per heavy atom. The Morgan fingerprint density at radius 2 is 2.38 bits per heavy atom. The Balaban J connectivity index is 2.16. The molecule has 4 heteroatoms. The molecule has 1 fully saturated rings. The standard InChI is InChI=1S/C12H15ClN2O/c1-15-10-8(3-2-4-9(10)13)11(16)12(15)5-6-14-7-12/h2-4,11,14,16H,5-7H2,1H3. The van der Waals surface area contributed by atoms with Gasteiger partial charge in [-0.1, -0.05) is 23.7 Å². The highest BCUT2D eigenvalue weighted by Crippen LogP contribution is 2.50. The van der Waals surface area contributed by atoms with Crippen LogP contribution in [0.5, 0.6) is 0 Å². The van der Waals surface area contributed by atoms with E-state index in [1.807, 2.05) is 25.2 Å². The first-order valence-corrected chi connectivity index (χ1v) is 5.96. The van der Waals surface area contributed by atoms with E-state index in [2.05, 4.69) is 10.2 Å². The number of fused-ring (bicyclic) bond motifs is 1. The van der Waals surface area contributed by atoms with Gasteiger partial charge in [0.1, 0.15) is 6.10 Å². The highest BCUT2D eigenvalue weighted by molar-refractivity contribution is 6.33. The predicted molar refractivity (Wildman–Crippen MR) is 65.0 cm³/mol. The smallest absolute Gasteiger partial charge is 0.105 e. The molecule has 0 aliphatic carbocycles. The van der Waals surface area contributed by atoms with Gasteiger partial charge in [0.25, 0.3) is 0 Å². The normalized spacial score (nSPS) is 32.4. The number of nitrogens with one attached hydrogen (secondary N) is 1. The number of hydrogen-bond acceptors (Lipinski definition) is 3. The van der Waals surface area contributed by atoms with Crippen molar-refractivity contribution in [3.63, 3.8) is 0 Å². The Morgan fingerprint density at radius 3 is 3.00 bits per heavy atom. The minimum absolute atomic E-state index is 0.201. The summed E-state index contributed by atoms with van der Waals surface area (Å²) in [7, 11) is 2.02. The van der Waals surface area contributed by atoms with Crippen LogP contribution in [-0.2, 0) is 0 Å². The Labute approximate surface area is 100 Å². The second-order valence-corrected chi connectivity index (χ2v) is 5.08. The molecule has 0 saturated carbocycles. The Bertz CT molecular complexity index is 429. The lowest BCUT2D eigenvalue weighted by molar-refractivity contribution is 0.105. The Hall–Kier alpha value is -0.770. The van der Waals surface area contributed by atoms with Crippen molar-refractivity contribution in [2.24, 2.45) is 0 Å². The molecule has 2 aliphatic rings. The highest BCUT2D eigenvalue weighted by atomic mass is 35.5. The molecule has 0 radical (unpaired) electrons. The number of hydrogen-bond donors (Lipinski definition) is 2. The molecule has 3 rings (SSSR count). The molecule has 1 aromatic carbocycles. The molecule has 86 valence electrons. The number of likely N-dealkylation sites (N-methyl/N-ethyl adjacent to an activating group) is 1. The van der Waals surface area contributed by atoms with Gasteiger partial charge in [-0.3, -0.25) is 0 Å². The molecule has 2 heterocycles. The number of para-hydroxylation sites is 1. The van der Waals surface area contributed by atoms with Crippen LogP contribution in [0.1, 0.15) is 18.1 Å². The second kappa shape index (κ2) is 3.36. The van der Waals surface area contributed by atoms with Crippen LogP contribution in [0.15, 0.2) is 18.2 Å². The predicted octanol–water partition coefficient (Wildman–Crippen LogP) is 1.56. The molecule has 0 aromatic heterocycles. The van der Waals surface area contributed by atoms with Crippen molar-refractivity contribution < 1.29 is 5.11 Å². The lowest BCUT2D eigenvalue weighted by atomic mass is 9.90. The lowest BCUT2D eigenvalue weighted by Gasteiger charge is -2.35. The minimum Gasteiger partial charge on any atom is -0.386 e. The summed E-state index contributed by atoms with van der Waals surface area (Å²) in [6.45, 7) is 1.77. The van der Waals surface area contributed by atoms with Crippen LogP contribution in [0, 0.1) is 0 Å². The minimum atomic E-state index is -0.443. The van der Waals surface area contributed by atoms with Crippen LogP contribution in [-0.4, -0.2) is 30.8 Å². The molecule has 3 nitrogen and oxygen atoms in total. The van der Waals surface area contributed by atoms with Gasteiger partial charge in [0, 0.05) is 19.2 Å². The SMILES string of the molecule is CN1c2c(Cl)cccc2C(O)C12CCNC2. The van der Waals surface area contributed by atoms with Crippen molar-refractivity contribution in [3.05, 3.63) is 28.8 Å². The quantitative estimate of drug-likeness (QED) is 0.720. The van der Waals surface area contributed by atoms with Gasteiger partial charge in [-0.2, -0.15) is 0 Å². The van der Waals surface area contributed by atoms with E-state index in [1.54, 1.807) is 0 Å². The summed E-state index contributed by atoms with van der Waals surface area (Å²) in [6, 6.07) is 5.75. The van der Waals surface area contributed by atoms with Gasteiger partial charge in [0.15, 0.2) is 0 Å². The van der Waals surface area contributed by atoms with Gasteiger partial charge in [-0.05, 0) is 19.0 Å². The first-order valence-electron chi connectivity index (χ1n) is 5.58. The summed E-state index contributed by atoms with van der Waals surface area (Å²) in [5, 5.41) is 14.5. The van der Waals surface area contributed by atoms with Crippen molar-refractivity contribution >= 4 is 17.3 Å².